The first-order valence-corrected chi connectivity index (χ1v) is 17.5. The van der Waals surface area contributed by atoms with Crippen LogP contribution in [0.2, 0.25) is 0 Å². The second-order valence-electron chi connectivity index (χ2n) is 12.6. The van der Waals surface area contributed by atoms with Crippen LogP contribution >= 0.6 is 0 Å². The van der Waals surface area contributed by atoms with Gasteiger partial charge in [0.15, 0.2) is 0 Å². The van der Waals surface area contributed by atoms with E-state index in [9.17, 15) is 0 Å². The van der Waals surface area contributed by atoms with Crippen LogP contribution < -0.4 is 0 Å². The molecule has 0 fully saturated rings. The van der Waals surface area contributed by atoms with Crippen LogP contribution in [0.4, 0.5) is 11.4 Å². The van der Waals surface area contributed by atoms with Crippen LogP contribution in [0.15, 0.2) is 174 Å². The van der Waals surface area contributed by atoms with Gasteiger partial charge in [-0.05, 0) is 28.7 Å². The van der Waals surface area contributed by atoms with Crippen LogP contribution in [-0.2, 0) is 6.42 Å². The monoisotopic (exact) mass is 656 g/mol. The number of aromatic nitrogens is 2. The summed E-state index contributed by atoms with van der Waals surface area (Å²) in [6.07, 6.45) is 5.88. The third-order valence-electron chi connectivity index (χ3n) is 9.27. The molecule has 0 aliphatic heterocycles. The average molecular weight is 657 g/mol. The van der Waals surface area contributed by atoms with E-state index in [-0.39, 0.29) is 0 Å². The Bertz CT molecular complexity index is 2460. The summed E-state index contributed by atoms with van der Waals surface area (Å²) in [5, 5.41) is 11.7. The molecule has 0 aliphatic carbocycles. The first kappa shape index (κ1) is 31.7. The van der Waals surface area contributed by atoms with Crippen molar-refractivity contribution in [2.24, 2.45) is 9.98 Å². The van der Waals surface area contributed by atoms with Gasteiger partial charge < -0.3 is 0 Å². The topological polar surface area (TPSA) is 50.5 Å². The van der Waals surface area contributed by atoms with Gasteiger partial charge in [-0.2, -0.15) is 0 Å². The molecule has 8 rings (SSSR count). The number of para-hydroxylation sites is 2. The largest absolute Gasteiger partial charge is 0.255 e. The summed E-state index contributed by atoms with van der Waals surface area (Å²) in [6.45, 7) is 2.21. The second kappa shape index (κ2) is 14.5. The molecule has 4 nitrogen and oxygen atoms in total. The van der Waals surface area contributed by atoms with Crippen molar-refractivity contribution in [1.29, 1.82) is 0 Å². The van der Waals surface area contributed by atoms with Gasteiger partial charge in [-0.15, -0.1) is 10.2 Å². The van der Waals surface area contributed by atoms with Crippen molar-refractivity contribution in [3.8, 4) is 33.4 Å². The Labute approximate surface area is 298 Å². The van der Waals surface area contributed by atoms with Crippen molar-refractivity contribution >= 4 is 45.6 Å². The van der Waals surface area contributed by atoms with Crippen LogP contribution in [0, 0.1) is 0 Å². The highest BCUT2D eigenvalue weighted by Gasteiger charge is 2.14. The van der Waals surface area contributed by atoms with E-state index >= 15 is 0 Å². The minimum Gasteiger partial charge on any atom is -0.255 e. The molecule has 0 atom stereocenters. The van der Waals surface area contributed by atoms with Crippen LogP contribution in [0.1, 0.15) is 30.0 Å². The number of aryl methyl sites for hydroxylation is 1. The maximum Gasteiger partial charge on any atom is 0.102 e. The highest BCUT2D eigenvalue weighted by atomic mass is 15.1. The van der Waals surface area contributed by atoms with Crippen molar-refractivity contribution in [2.45, 2.75) is 19.8 Å². The molecule has 0 aliphatic rings. The molecule has 0 spiro atoms. The minimum absolute atomic E-state index is 0.806. The second-order valence-corrected chi connectivity index (χ2v) is 12.6. The Balaban J connectivity index is 1.21. The summed E-state index contributed by atoms with van der Waals surface area (Å²) in [6, 6.07) is 56.7. The fourth-order valence-corrected chi connectivity index (χ4v) is 6.81. The number of benzene rings is 7. The van der Waals surface area contributed by atoms with Gasteiger partial charge >= 0.3 is 0 Å². The highest BCUT2D eigenvalue weighted by molar-refractivity contribution is 6.13. The van der Waals surface area contributed by atoms with Gasteiger partial charge in [0.25, 0.3) is 0 Å². The fourth-order valence-electron chi connectivity index (χ4n) is 6.81. The van der Waals surface area contributed by atoms with Gasteiger partial charge in [0.2, 0.25) is 0 Å². The van der Waals surface area contributed by atoms with Crippen molar-refractivity contribution in [3.05, 3.63) is 180 Å². The molecular weight excluding hydrogens is 621 g/mol. The van der Waals surface area contributed by atoms with Crippen molar-refractivity contribution < 1.29 is 0 Å². The zero-order valence-corrected chi connectivity index (χ0v) is 28.4. The van der Waals surface area contributed by atoms with Gasteiger partial charge in [-0.3, -0.25) is 9.98 Å². The SMILES string of the molecule is CCCc1cccc(-c2ccccc2)c1N=Cc1cccc2c1nnc1c(C=Nc3c(-c4ccccc4)cccc3-c3ccccc3)cccc12. The smallest absolute Gasteiger partial charge is 0.102 e. The maximum atomic E-state index is 5.18. The third-order valence-corrected chi connectivity index (χ3v) is 9.27. The number of hydrogen-bond donors (Lipinski definition) is 0. The highest BCUT2D eigenvalue weighted by Crippen LogP contribution is 2.39. The summed E-state index contributed by atoms with van der Waals surface area (Å²) >= 11 is 0. The maximum absolute atomic E-state index is 5.18. The molecule has 7 aromatic carbocycles. The molecule has 0 bridgehead atoms. The van der Waals surface area contributed by atoms with E-state index in [2.05, 4.69) is 153 Å². The number of rotatable bonds is 9. The predicted octanol–water partition coefficient (Wildman–Crippen LogP) is 12.2. The summed E-state index contributed by atoms with van der Waals surface area (Å²) in [7, 11) is 0. The van der Waals surface area contributed by atoms with Gasteiger partial charge in [-0.1, -0.05) is 177 Å². The van der Waals surface area contributed by atoms with Crippen LogP contribution in [0.25, 0.3) is 55.2 Å². The predicted molar refractivity (Wildman–Crippen MR) is 215 cm³/mol. The van der Waals surface area contributed by atoms with Crippen LogP contribution in [0.3, 0.4) is 0 Å². The number of nitrogens with zero attached hydrogens (tertiary/aromatic N) is 4. The molecule has 1 aromatic heterocycles. The molecule has 0 unspecified atom stereocenters. The molecular formula is C47H36N4. The van der Waals surface area contributed by atoms with Crippen molar-refractivity contribution in [3.63, 3.8) is 0 Å². The lowest BCUT2D eigenvalue weighted by Gasteiger charge is -2.12. The van der Waals surface area contributed by atoms with Crippen LogP contribution in [0.5, 0.6) is 0 Å². The molecule has 1 heterocycles. The standard InChI is InChI=1S/C47H36N4/c1-2-16-36-23-12-26-39(33-17-6-3-7-18-33)44(36)48-31-37-24-13-29-42-43-30-14-25-38(46(43)51-50-45(37)42)32-49-47-40(34-19-8-4-9-20-34)27-15-28-41(47)35-21-10-5-11-22-35/h3-15,17-32H,2,16H2,1H3. The minimum atomic E-state index is 0.806. The molecule has 0 radical (unpaired) electrons. The van der Waals surface area contributed by atoms with Gasteiger partial charge in [0.05, 0.1) is 11.4 Å². The summed E-state index contributed by atoms with van der Waals surface area (Å²) in [4.78, 5) is 10.3. The zero-order chi connectivity index (χ0) is 34.4. The van der Waals surface area contributed by atoms with E-state index in [4.69, 9.17) is 20.2 Å². The first-order chi connectivity index (χ1) is 25.3. The Kier molecular flexibility index (Phi) is 9.04. The van der Waals surface area contributed by atoms with E-state index in [1.54, 1.807) is 0 Å². The van der Waals surface area contributed by atoms with Gasteiger partial charge in [0.1, 0.15) is 11.0 Å². The number of hydrogen-bond acceptors (Lipinski definition) is 4. The van der Waals surface area contributed by atoms with E-state index in [0.717, 1.165) is 90.5 Å². The molecule has 51 heavy (non-hydrogen) atoms. The Morgan fingerprint density at radius 3 is 1.31 bits per heavy atom. The number of fused-ring (bicyclic) bond motifs is 3. The molecule has 8 aromatic rings. The van der Waals surface area contributed by atoms with E-state index in [1.165, 1.54) is 5.56 Å². The molecule has 0 N–H and O–H groups in total. The molecule has 0 amide bonds. The molecule has 0 saturated carbocycles. The zero-order valence-electron chi connectivity index (χ0n) is 28.4. The van der Waals surface area contributed by atoms with E-state index in [1.807, 2.05) is 30.6 Å². The van der Waals surface area contributed by atoms with Gasteiger partial charge in [-0.25, -0.2) is 0 Å². The average Bonchev–Trinajstić information content (AvgIpc) is 3.20. The van der Waals surface area contributed by atoms with Crippen molar-refractivity contribution in [2.75, 3.05) is 0 Å². The molecule has 244 valence electrons. The first-order valence-electron chi connectivity index (χ1n) is 17.5. The fraction of sp³-hybridized carbons (Fsp3) is 0.0638. The lowest BCUT2D eigenvalue weighted by molar-refractivity contribution is 0.922. The summed E-state index contributed by atoms with van der Waals surface area (Å²) in [5.74, 6) is 0. The third kappa shape index (κ3) is 6.48. The van der Waals surface area contributed by atoms with Crippen molar-refractivity contribution in [1.82, 2.24) is 10.2 Å². The Hall–Kier alpha value is -6.52. The van der Waals surface area contributed by atoms with E-state index in [0.29, 0.717) is 0 Å². The van der Waals surface area contributed by atoms with Crippen LogP contribution in [-0.4, -0.2) is 22.6 Å². The Morgan fingerprint density at radius 1 is 0.431 bits per heavy atom. The lowest BCUT2D eigenvalue weighted by Crippen LogP contribution is -1.96. The molecule has 0 saturated heterocycles. The Morgan fingerprint density at radius 2 is 0.843 bits per heavy atom. The molecule has 4 heteroatoms. The van der Waals surface area contributed by atoms with Gasteiger partial charge in [0, 0.05) is 51.0 Å². The summed E-state index contributed by atoms with van der Waals surface area (Å²) < 4.78 is 0. The lowest BCUT2D eigenvalue weighted by atomic mass is 9.96. The van der Waals surface area contributed by atoms with E-state index < -0.39 is 0 Å². The normalized spacial score (nSPS) is 11.6. The summed E-state index contributed by atoms with van der Waals surface area (Å²) in [5.41, 5.74) is 13.3. The number of aliphatic imine (C=N–C) groups is 2. The quantitative estimate of drug-likeness (QED) is 0.115.